The van der Waals surface area contributed by atoms with Gasteiger partial charge < -0.3 is 10.5 Å². The summed E-state index contributed by atoms with van der Waals surface area (Å²) in [6.07, 6.45) is 1.000. The molecule has 0 radical (unpaired) electrons. The van der Waals surface area contributed by atoms with Gasteiger partial charge in [0.1, 0.15) is 5.75 Å². The van der Waals surface area contributed by atoms with Gasteiger partial charge in [0.25, 0.3) is 0 Å². The molecule has 2 N–H and O–H groups in total. The smallest absolute Gasteiger partial charge is 0.119 e. The van der Waals surface area contributed by atoms with Gasteiger partial charge in [-0.2, -0.15) is 0 Å². The Morgan fingerprint density at radius 3 is 2.45 bits per heavy atom. The molecule has 2 aromatic carbocycles. The third-order valence-electron chi connectivity index (χ3n) is 3.45. The van der Waals surface area contributed by atoms with E-state index in [2.05, 4.69) is 12.1 Å². The Hall–Kier alpha value is -1.22. The van der Waals surface area contributed by atoms with Crippen LogP contribution in [0.25, 0.3) is 0 Å². The van der Waals surface area contributed by atoms with Crippen LogP contribution in [-0.2, 0) is 6.42 Å². The lowest BCUT2D eigenvalue weighted by Gasteiger charge is -2.17. The van der Waals surface area contributed by atoms with E-state index in [0.717, 1.165) is 17.7 Å². The summed E-state index contributed by atoms with van der Waals surface area (Å²) in [6.45, 7) is 4.59. The molecule has 0 aromatic heterocycles. The van der Waals surface area contributed by atoms with E-state index in [1.54, 1.807) is 0 Å². The van der Waals surface area contributed by atoms with Crippen molar-refractivity contribution < 1.29 is 4.74 Å². The quantitative estimate of drug-likeness (QED) is 0.798. The number of ether oxygens (including phenoxy) is 1. The zero-order chi connectivity index (χ0) is 16.1. The zero-order valence-electron chi connectivity index (χ0n) is 12.9. The minimum absolute atomic E-state index is 0.163. The maximum atomic E-state index is 6.11. The highest BCUT2D eigenvalue weighted by Gasteiger charge is 2.13. The predicted octanol–water partition coefficient (Wildman–Crippen LogP) is 5.07. The van der Waals surface area contributed by atoms with Crippen LogP contribution in [0.5, 0.6) is 5.75 Å². The van der Waals surface area contributed by atoms with Gasteiger partial charge in [-0.3, -0.25) is 0 Å². The van der Waals surface area contributed by atoms with Gasteiger partial charge in [0.15, 0.2) is 0 Å². The van der Waals surface area contributed by atoms with Gasteiger partial charge in [0, 0.05) is 5.92 Å². The van der Waals surface area contributed by atoms with E-state index in [0.29, 0.717) is 16.6 Å². The molecular formula is C18H21Cl2NO. The Balaban J connectivity index is 2.17. The van der Waals surface area contributed by atoms with Crippen molar-refractivity contribution in [3.63, 3.8) is 0 Å². The standard InChI is InChI=1S/C18H21Cl2NO/c1-12(2)22-16-5-3-4-13(9-16)8-15(11-21)14-6-7-17(19)18(20)10-14/h3-7,9-10,12,15H,8,11,21H2,1-2H3. The van der Waals surface area contributed by atoms with Crippen LogP contribution in [0.1, 0.15) is 30.9 Å². The van der Waals surface area contributed by atoms with Gasteiger partial charge in [-0.1, -0.05) is 41.4 Å². The molecule has 0 saturated carbocycles. The second-order valence-corrected chi connectivity index (χ2v) is 6.44. The van der Waals surface area contributed by atoms with Gasteiger partial charge in [-0.05, 0) is 62.2 Å². The van der Waals surface area contributed by atoms with Gasteiger partial charge in [-0.15, -0.1) is 0 Å². The lowest BCUT2D eigenvalue weighted by Crippen LogP contribution is -2.15. The first kappa shape index (κ1) is 17.1. The summed E-state index contributed by atoms with van der Waals surface area (Å²) in [5.41, 5.74) is 8.25. The Morgan fingerprint density at radius 1 is 1.05 bits per heavy atom. The average molecular weight is 338 g/mol. The molecule has 2 aromatic rings. The molecule has 0 fully saturated rings. The molecule has 0 saturated heterocycles. The molecule has 0 bridgehead atoms. The predicted molar refractivity (Wildman–Crippen MR) is 94.2 cm³/mol. The second-order valence-electron chi connectivity index (χ2n) is 5.62. The molecule has 2 rings (SSSR count). The fraction of sp³-hybridized carbons (Fsp3) is 0.333. The molecular weight excluding hydrogens is 317 g/mol. The van der Waals surface area contributed by atoms with E-state index in [1.807, 2.05) is 44.2 Å². The largest absolute Gasteiger partial charge is 0.491 e. The van der Waals surface area contributed by atoms with Crippen LogP contribution >= 0.6 is 23.2 Å². The van der Waals surface area contributed by atoms with Crippen molar-refractivity contribution >= 4 is 23.2 Å². The number of benzene rings is 2. The third kappa shape index (κ3) is 4.64. The Morgan fingerprint density at radius 2 is 1.82 bits per heavy atom. The molecule has 0 amide bonds. The highest BCUT2D eigenvalue weighted by atomic mass is 35.5. The molecule has 0 aliphatic carbocycles. The van der Waals surface area contributed by atoms with E-state index < -0.39 is 0 Å². The number of rotatable bonds is 6. The Labute approximate surface area is 142 Å². The highest BCUT2D eigenvalue weighted by molar-refractivity contribution is 6.42. The molecule has 1 unspecified atom stereocenters. The van der Waals surface area contributed by atoms with Crippen LogP contribution in [-0.4, -0.2) is 12.6 Å². The number of halogens is 2. The van der Waals surface area contributed by atoms with Crippen molar-refractivity contribution in [3.05, 3.63) is 63.6 Å². The molecule has 22 heavy (non-hydrogen) atoms. The van der Waals surface area contributed by atoms with Crippen LogP contribution in [0.3, 0.4) is 0 Å². The zero-order valence-corrected chi connectivity index (χ0v) is 14.4. The van der Waals surface area contributed by atoms with Crippen molar-refractivity contribution in [2.75, 3.05) is 6.54 Å². The highest BCUT2D eigenvalue weighted by Crippen LogP contribution is 2.28. The van der Waals surface area contributed by atoms with E-state index in [9.17, 15) is 0 Å². The number of hydrogen-bond donors (Lipinski definition) is 1. The maximum absolute atomic E-state index is 6.11. The summed E-state index contributed by atoms with van der Waals surface area (Å²) in [7, 11) is 0. The Kier molecular flexibility index (Phi) is 6.13. The van der Waals surface area contributed by atoms with Crippen LogP contribution in [0.4, 0.5) is 0 Å². The normalized spacial score (nSPS) is 12.5. The Bertz CT molecular complexity index is 628. The molecule has 0 aliphatic rings. The van der Waals surface area contributed by atoms with E-state index in [1.165, 1.54) is 5.56 Å². The minimum Gasteiger partial charge on any atom is -0.491 e. The van der Waals surface area contributed by atoms with Crippen molar-refractivity contribution in [3.8, 4) is 5.75 Å². The molecule has 2 nitrogen and oxygen atoms in total. The number of hydrogen-bond acceptors (Lipinski definition) is 2. The second kappa shape index (κ2) is 7.87. The van der Waals surface area contributed by atoms with Crippen LogP contribution in [0.2, 0.25) is 10.0 Å². The molecule has 4 heteroatoms. The SMILES string of the molecule is CC(C)Oc1cccc(CC(CN)c2ccc(Cl)c(Cl)c2)c1. The van der Waals surface area contributed by atoms with Gasteiger partial charge >= 0.3 is 0 Å². The monoisotopic (exact) mass is 337 g/mol. The van der Waals surface area contributed by atoms with E-state index in [-0.39, 0.29) is 12.0 Å². The topological polar surface area (TPSA) is 35.2 Å². The van der Waals surface area contributed by atoms with Crippen LogP contribution in [0.15, 0.2) is 42.5 Å². The van der Waals surface area contributed by atoms with Crippen molar-refractivity contribution in [2.45, 2.75) is 32.3 Å². The molecule has 0 heterocycles. The van der Waals surface area contributed by atoms with Gasteiger partial charge in [-0.25, -0.2) is 0 Å². The lowest BCUT2D eigenvalue weighted by molar-refractivity contribution is 0.242. The lowest BCUT2D eigenvalue weighted by atomic mass is 9.92. The average Bonchev–Trinajstić information content (AvgIpc) is 2.47. The maximum Gasteiger partial charge on any atom is 0.119 e. The van der Waals surface area contributed by atoms with Crippen LogP contribution in [0, 0.1) is 0 Å². The molecule has 0 aliphatic heterocycles. The first-order valence-electron chi connectivity index (χ1n) is 7.40. The van der Waals surface area contributed by atoms with Gasteiger partial charge in [0.2, 0.25) is 0 Å². The summed E-state index contributed by atoms with van der Waals surface area (Å²) < 4.78 is 5.74. The third-order valence-corrected chi connectivity index (χ3v) is 4.19. The fourth-order valence-corrected chi connectivity index (χ4v) is 2.71. The molecule has 0 spiro atoms. The van der Waals surface area contributed by atoms with Crippen molar-refractivity contribution in [1.29, 1.82) is 0 Å². The fourth-order valence-electron chi connectivity index (χ4n) is 2.41. The summed E-state index contributed by atoms with van der Waals surface area (Å²) in [4.78, 5) is 0. The summed E-state index contributed by atoms with van der Waals surface area (Å²) in [5.74, 6) is 1.08. The van der Waals surface area contributed by atoms with Crippen molar-refractivity contribution in [2.24, 2.45) is 5.73 Å². The summed E-state index contributed by atoms with van der Waals surface area (Å²) >= 11 is 12.1. The molecule has 118 valence electrons. The number of nitrogens with two attached hydrogens (primary N) is 1. The first-order chi connectivity index (χ1) is 10.5. The van der Waals surface area contributed by atoms with Crippen LogP contribution < -0.4 is 10.5 Å². The molecule has 1 atom stereocenters. The van der Waals surface area contributed by atoms with Crippen molar-refractivity contribution in [1.82, 2.24) is 0 Å². The van der Waals surface area contributed by atoms with E-state index >= 15 is 0 Å². The summed E-state index contributed by atoms with van der Waals surface area (Å²) in [6, 6.07) is 13.8. The first-order valence-corrected chi connectivity index (χ1v) is 8.15. The van der Waals surface area contributed by atoms with Gasteiger partial charge in [0.05, 0.1) is 16.1 Å². The summed E-state index contributed by atoms with van der Waals surface area (Å²) in [5, 5.41) is 1.13. The van der Waals surface area contributed by atoms with E-state index in [4.69, 9.17) is 33.7 Å². The minimum atomic E-state index is 0.163.